The SMILES string of the molecule is CC(C)c1nnsc1C(=O)Nc1c(N)cc(Br)cc1Br. The molecule has 1 aromatic heterocycles. The summed E-state index contributed by atoms with van der Waals surface area (Å²) in [5.41, 5.74) is 7.63. The predicted molar refractivity (Wildman–Crippen MR) is 88.2 cm³/mol. The summed E-state index contributed by atoms with van der Waals surface area (Å²) in [6, 6.07) is 3.55. The Morgan fingerprint density at radius 1 is 1.40 bits per heavy atom. The van der Waals surface area contributed by atoms with E-state index in [2.05, 4.69) is 46.8 Å². The van der Waals surface area contributed by atoms with Crippen molar-refractivity contribution >= 4 is 60.7 Å². The number of aromatic nitrogens is 2. The van der Waals surface area contributed by atoms with Gasteiger partial charge in [-0.05, 0) is 45.5 Å². The van der Waals surface area contributed by atoms with Gasteiger partial charge in [0.1, 0.15) is 4.88 Å². The molecule has 3 N–H and O–H groups in total. The third-order valence-corrected chi connectivity index (χ3v) is 4.41. The van der Waals surface area contributed by atoms with Crippen molar-refractivity contribution in [2.24, 2.45) is 0 Å². The number of rotatable bonds is 3. The van der Waals surface area contributed by atoms with Crippen LogP contribution in [-0.2, 0) is 0 Å². The molecule has 0 aliphatic rings. The number of carbonyl (C=O) groups is 1. The van der Waals surface area contributed by atoms with Crippen molar-refractivity contribution in [3.05, 3.63) is 31.6 Å². The molecule has 1 heterocycles. The van der Waals surface area contributed by atoms with Crippen LogP contribution in [0.3, 0.4) is 0 Å². The second-order valence-corrected chi connectivity index (χ2v) is 6.97. The van der Waals surface area contributed by atoms with Gasteiger partial charge >= 0.3 is 0 Å². The molecule has 0 atom stereocenters. The lowest BCUT2D eigenvalue weighted by Gasteiger charge is -2.11. The number of nitrogens with two attached hydrogens (primary N) is 1. The number of hydrogen-bond donors (Lipinski definition) is 2. The summed E-state index contributed by atoms with van der Waals surface area (Å²) < 4.78 is 5.39. The number of benzene rings is 1. The number of nitrogen functional groups attached to an aromatic ring is 1. The quantitative estimate of drug-likeness (QED) is 0.736. The smallest absolute Gasteiger partial charge is 0.269 e. The maximum Gasteiger partial charge on any atom is 0.269 e. The van der Waals surface area contributed by atoms with Gasteiger partial charge in [-0.3, -0.25) is 4.79 Å². The second kappa shape index (κ2) is 6.19. The lowest BCUT2D eigenvalue weighted by molar-refractivity contribution is 0.102. The van der Waals surface area contributed by atoms with Crippen LogP contribution >= 0.6 is 43.4 Å². The zero-order chi connectivity index (χ0) is 14.9. The number of nitrogens with zero attached hydrogens (tertiary/aromatic N) is 2. The van der Waals surface area contributed by atoms with Gasteiger partial charge in [0.25, 0.3) is 5.91 Å². The van der Waals surface area contributed by atoms with E-state index in [1.807, 2.05) is 19.9 Å². The molecule has 0 unspecified atom stereocenters. The fourth-order valence-electron chi connectivity index (χ4n) is 1.63. The largest absolute Gasteiger partial charge is 0.397 e. The van der Waals surface area contributed by atoms with Crippen molar-refractivity contribution in [3.8, 4) is 0 Å². The number of anilines is 2. The molecule has 0 spiro atoms. The van der Waals surface area contributed by atoms with Crippen molar-refractivity contribution < 1.29 is 4.79 Å². The van der Waals surface area contributed by atoms with Gasteiger partial charge in [0.05, 0.1) is 17.1 Å². The Morgan fingerprint density at radius 3 is 2.70 bits per heavy atom. The van der Waals surface area contributed by atoms with E-state index in [4.69, 9.17) is 5.73 Å². The molecule has 20 heavy (non-hydrogen) atoms. The van der Waals surface area contributed by atoms with Crippen LogP contribution in [0.25, 0.3) is 0 Å². The number of nitrogens with one attached hydrogen (secondary N) is 1. The molecule has 1 aromatic carbocycles. The normalized spacial score (nSPS) is 10.8. The fraction of sp³-hybridized carbons (Fsp3) is 0.250. The topological polar surface area (TPSA) is 80.9 Å². The van der Waals surface area contributed by atoms with Crippen molar-refractivity contribution in [2.45, 2.75) is 19.8 Å². The van der Waals surface area contributed by atoms with E-state index >= 15 is 0 Å². The maximum absolute atomic E-state index is 12.3. The van der Waals surface area contributed by atoms with Gasteiger partial charge in [-0.2, -0.15) is 0 Å². The van der Waals surface area contributed by atoms with E-state index < -0.39 is 0 Å². The van der Waals surface area contributed by atoms with E-state index in [0.29, 0.717) is 26.4 Å². The van der Waals surface area contributed by atoms with Gasteiger partial charge in [0.2, 0.25) is 0 Å². The molecule has 1 amide bonds. The van der Waals surface area contributed by atoms with Crippen molar-refractivity contribution in [3.63, 3.8) is 0 Å². The molecule has 0 bridgehead atoms. The Bertz CT molecular complexity index is 634. The molecule has 2 aromatic rings. The Hall–Kier alpha value is -0.990. The summed E-state index contributed by atoms with van der Waals surface area (Å²) in [6.45, 7) is 3.94. The van der Waals surface area contributed by atoms with Gasteiger partial charge in [-0.25, -0.2) is 0 Å². The minimum Gasteiger partial charge on any atom is -0.397 e. The van der Waals surface area contributed by atoms with Gasteiger partial charge in [0.15, 0.2) is 0 Å². The summed E-state index contributed by atoms with van der Waals surface area (Å²) in [4.78, 5) is 12.8. The van der Waals surface area contributed by atoms with Gasteiger partial charge in [-0.1, -0.05) is 34.3 Å². The monoisotopic (exact) mass is 418 g/mol. The minimum absolute atomic E-state index is 0.139. The summed E-state index contributed by atoms with van der Waals surface area (Å²) in [5, 5.41) is 6.80. The number of halogens is 2. The van der Waals surface area contributed by atoms with Crippen LogP contribution in [0.4, 0.5) is 11.4 Å². The Labute approximate surface area is 137 Å². The van der Waals surface area contributed by atoms with Crippen LogP contribution in [0, 0.1) is 0 Å². The molecule has 0 saturated heterocycles. The summed E-state index contributed by atoms with van der Waals surface area (Å²) in [5.74, 6) is -0.112. The van der Waals surface area contributed by atoms with E-state index in [9.17, 15) is 4.79 Å². The van der Waals surface area contributed by atoms with Gasteiger partial charge < -0.3 is 11.1 Å². The summed E-state index contributed by atoms with van der Waals surface area (Å²) in [6.07, 6.45) is 0. The third kappa shape index (κ3) is 3.18. The molecule has 0 radical (unpaired) electrons. The molecular formula is C12H12Br2N4OS. The first-order valence-corrected chi connectivity index (χ1v) is 8.14. The average molecular weight is 420 g/mol. The Kier molecular flexibility index (Phi) is 4.77. The summed E-state index contributed by atoms with van der Waals surface area (Å²) >= 11 is 7.81. The number of amides is 1. The maximum atomic E-state index is 12.3. The predicted octanol–water partition coefficient (Wildman–Crippen LogP) is 4.02. The van der Waals surface area contributed by atoms with Gasteiger partial charge in [0, 0.05) is 8.95 Å². The standard InChI is InChI=1S/C12H12Br2N4OS/c1-5(2)9-11(20-18-17-9)12(19)16-10-7(14)3-6(13)4-8(10)15/h3-5H,15H2,1-2H3,(H,16,19). The molecule has 0 aliphatic carbocycles. The fourth-order valence-corrected chi connectivity index (χ4v) is 3.70. The highest BCUT2D eigenvalue weighted by molar-refractivity contribution is 9.11. The lowest BCUT2D eigenvalue weighted by Crippen LogP contribution is -2.14. The highest BCUT2D eigenvalue weighted by atomic mass is 79.9. The van der Waals surface area contributed by atoms with Crippen LogP contribution in [-0.4, -0.2) is 15.5 Å². The van der Waals surface area contributed by atoms with Crippen LogP contribution in [0.1, 0.15) is 35.1 Å². The Balaban J connectivity index is 2.31. The zero-order valence-electron chi connectivity index (χ0n) is 10.8. The highest BCUT2D eigenvalue weighted by Crippen LogP contribution is 2.33. The first kappa shape index (κ1) is 15.4. The first-order valence-electron chi connectivity index (χ1n) is 5.78. The molecule has 106 valence electrons. The van der Waals surface area contributed by atoms with Gasteiger partial charge in [-0.15, -0.1) is 5.10 Å². The average Bonchev–Trinajstić information content (AvgIpc) is 2.82. The molecule has 2 rings (SSSR count). The molecule has 5 nitrogen and oxygen atoms in total. The lowest BCUT2D eigenvalue weighted by atomic mass is 10.1. The Morgan fingerprint density at radius 2 is 2.10 bits per heavy atom. The molecular weight excluding hydrogens is 408 g/mol. The van der Waals surface area contributed by atoms with E-state index in [0.717, 1.165) is 16.0 Å². The summed E-state index contributed by atoms with van der Waals surface area (Å²) in [7, 11) is 0. The molecule has 8 heteroatoms. The number of hydrogen-bond acceptors (Lipinski definition) is 5. The highest BCUT2D eigenvalue weighted by Gasteiger charge is 2.20. The minimum atomic E-state index is -0.251. The van der Waals surface area contributed by atoms with E-state index in [-0.39, 0.29) is 11.8 Å². The van der Waals surface area contributed by atoms with Crippen LogP contribution < -0.4 is 11.1 Å². The molecule has 0 saturated carbocycles. The zero-order valence-corrected chi connectivity index (χ0v) is 14.8. The van der Waals surface area contributed by atoms with Crippen LogP contribution in [0.15, 0.2) is 21.1 Å². The van der Waals surface area contributed by atoms with E-state index in [1.54, 1.807) is 6.07 Å². The van der Waals surface area contributed by atoms with Crippen molar-refractivity contribution in [1.29, 1.82) is 0 Å². The number of carbonyl (C=O) groups excluding carboxylic acids is 1. The first-order chi connectivity index (χ1) is 9.40. The van der Waals surface area contributed by atoms with Crippen LogP contribution in [0.2, 0.25) is 0 Å². The van der Waals surface area contributed by atoms with Crippen molar-refractivity contribution in [1.82, 2.24) is 9.59 Å². The molecule has 0 aliphatic heterocycles. The molecule has 0 fully saturated rings. The second-order valence-electron chi connectivity index (χ2n) is 4.45. The third-order valence-electron chi connectivity index (χ3n) is 2.59. The van der Waals surface area contributed by atoms with Crippen LogP contribution in [0.5, 0.6) is 0 Å². The van der Waals surface area contributed by atoms with Crippen molar-refractivity contribution in [2.75, 3.05) is 11.1 Å². The van der Waals surface area contributed by atoms with E-state index in [1.165, 1.54) is 0 Å².